The van der Waals surface area contributed by atoms with Gasteiger partial charge in [0.2, 0.25) is 0 Å². The molecule has 5 heteroatoms. The number of benzene rings is 1. The van der Waals surface area contributed by atoms with Gasteiger partial charge in [-0.3, -0.25) is 4.90 Å². The number of alkyl halides is 2. The van der Waals surface area contributed by atoms with Crippen LogP contribution >= 0.6 is 0 Å². The molecule has 1 aromatic carbocycles. The Morgan fingerprint density at radius 1 is 1.25 bits per heavy atom. The normalized spacial score (nSPS) is 18.2. The van der Waals surface area contributed by atoms with E-state index in [9.17, 15) is 8.78 Å². The zero-order valence-corrected chi connectivity index (χ0v) is 11.9. The zero-order chi connectivity index (χ0) is 14.5. The standard InChI is InChI=1S/C15H23F2N3/c1-11(20-7-3-2-4-8-20)10-19-14-6-5-12(18)9-13(14)15(16)17/h5-6,9,11,15,19H,2-4,7-8,10,18H2,1H3. The van der Waals surface area contributed by atoms with E-state index in [4.69, 9.17) is 5.73 Å². The number of nitrogens with one attached hydrogen (secondary N) is 1. The molecule has 1 aromatic rings. The first-order valence-corrected chi connectivity index (χ1v) is 7.23. The molecule has 0 spiro atoms. The third-order valence-electron chi connectivity index (χ3n) is 3.91. The van der Waals surface area contributed by atoms with Crippen LogP contribution in [0.15, 0.2) is 18.2 Å². The Morgan fingerprint density at radius 3 is 2.60 bits per heavy atom. The highest BCUT2D eigenvalue weighted by Gasteiger charge is 2.18. The average molecular weight is 283 g/mol. The minimum absolute atomic E-state index is 0.0177. The summed E-state index contributed by atoms with van der Waals surface area (Å²) in [7, 11) is 0. The van der Waals surface area contributed by atoms with Gasteiger partial charge >= 0.3 is 0 Å². The SMILES string of the molecule is CC(CNc1ccc(N)cc1C(F)F)N1CCCCC1. The van der Waals surface area contributed by atoms with Gasteiger partial charge in [0.25, 0.3) is 6.43 Å². The van der Waals surface area contributed by atoms with Crippen LogP contribution in [-0.2, 0) is 0 Å². The summed E-state index contributed by atoms with van der Waals surface area (Å²) in [5, 5.41) is 3.14. The molecule has 0 bridgehead atoms. The molecule has 1 unspecified atom stereocenters. The topological polar surface area (TPSA) is 41.3 Å². The van der Waals surface area contributed by atoms with Gasteiger partial charge in [-0.05, 0) is 51.1 Å². The molecule has 0 amide bonds. The molecule has 2 rings (SSSR count). The monoisotopic (exact) mass is 283 g/mol. The summed E-state index contributed by atoms with van der Waals surface area (Å²) < 4.78 is 26.0. The molecular formula is C15H23F2N3. The molecule has 3 nitrogen and oxygen atoms in total. The fraction of sp³-hybridized carbons (Fsp3) is 0.600. The minimum atomic E-state index is -2.51. The molecule has 1 fully saturated rings. The number of nitrogen functional groups attached to an aromatic ring is 1. The summed E-state index contributed by atoms with van der Waals surface area (Å²) >= 11 is 0. The van der Waals surface area contributed by atoms with E-state index in [1.165, 1.54) is 25.3 Å². The van der Waals surface area contributed by atoms with Crippen molar-refractivity contribution in [3.8, 4) is 0 Å². The van der Waals surface area contributed by atoms with Crippen LogP contribution in [0, 0.1) is 0 Å². The smallest absolute Gasteiger partial charge is 0.265 e. The van der Waals surface area contributed by atoms with E-state index in [1.54, 1.807) is 12.1 Å². The maximum atomic E-state index is 13.0. The molecule has 20 heavy (non-hydrogen) atoms. The largest absolute Gasteiger partial charge is 0.399 e. The number of halogens is 2. The summed E-state index contributed by atoms with van der Waals surface area (Å²) in [6, 6.07) is 4.98. The Morgan fingerprint density at radius 2 is 1.95 bits per heavy atom. The number of nitrogens with zero attached hydrogens (tertiary/aromatic N) is 1. The molecule has 112 valence electrons. The van der Waals surface area contributed by atoms with Crippen LogP contribution in [0.4, 0.5) is 20.2 Å². The van der Waals surface area contributed by atoms with Crippen LogP contribution in [0.2, 0.25) is 0 Å². The van der Waals surface area contributed by atoms with Gasteiger partial charge in [0.1, 0.15) is 0 Å². The van der Waals surface area contributed by atoms with Crippen LogP contribution in [0.5, 0.6) is 0 Å². The number of hydrogen-bond acceptors (Lipinski definition) is 3. The zero-order valence-electron chi connectivity index (χ0n) is 11.9. The van der Waals surface area contributed by atoms with Gasteiger partial charge in [0.15, 0.2) is 0 Å². The molecule has 3 N–H and O–H groups in total. The Bertz CT molecular complexity index is 431. The van der Waals surface area contributed by atoms with Crippen molar-refractivity contribution in [3.05, 3.63) is 23.8 Å². The van der Waals surface area contributed by atoms with E-state index < -0.39 is 6.43 Å². The Kier molecular flexibility index (Phi) is 5.17. The highest BCUT2D eigenvalue weighted by molar-refractivity contribution is 5.58. The van der Waals surface area contributed by atoms with Crippen molar-refractivity contribution in [2.24, 2.45) is 0 Å². The number of nitrogens with two attached hydrogens (primary N) is 1. The van der Waals surface area contributed by atoms with Crippen molar-refractivity contribution in [1.29, 1.82) is 0 Å². The number of anilines is 2. The van der Waals surface area contributed by atoms with Gasteiger partial charge in [0, 0.05) is 29.5 Å². The van der Waals surface area contributed by atoms with E-state index in [1.807, 2.05) is 0 Å². The van der Waals surface area contributed by atoms with Crippen LogP contribution < -0.4 is 11.1 Å². The average Bonchev–Trinajstić information content (AvgIpc) is 2.46. The third kappa shape index (κ3) is 3.82. The van der Waals surface area contributed by atoms with Crippen molar-refractivity contribution in [2.75, 3.05) is 30.7 Å². The van der Waals surface area contributed by atoms with E-state index in [2.05, 4.69) is 17.1 Å². The van der Waals surface area contributed by atoms with Gasteiger partial charge in [-0.2, -0.15) is 0 Å². The lowest BCUT2D eigenvalue weighted by Gasteiger charge is -2.32. The summed E-state index contributed by atoms with van der Waals surface area (Å²) in [5.74, 6) is 0. The van der Waals surface area contributed by atoms with E-state index >= 15 is 0 Å². The second kappa shape index (κ2) is 6.88. The highest BCUT2D eigenvalue weighted by atomic mass is 19.3. The first-order chi connectivity index (χ1) is 9.58. The van der Waals surface area contributed by atoms with Crippen molar-refractivity contribution in [3.63, 3.8) is 0 Å². The van der Waals surface area contributed by atoms with Crippen LogP contribution in [0.3, 0.4) is 0 Å². The summed E-state index contributed by atoms with van der Waals surface area (Å²) in [4.78, 5) is 2.41. The predicted octanol–water partition coefficient (Wildman–Crippen LogP) is 3.49. The second-order valence-electron chi connectivity index (χ2n) is 5.47. The third-order valence-corrected chi connectivity index (χ3v) is 3.91. The van der Waals surface area contributed by atoms with Gasteiger partial charge in [0.05, 0.1) is 0 Å². The number of likely N-dealkylation sites (tertiary alicyclic amines) is 1. The quantitative estimate of drug-likeness (QED) is 0.813. The number of piperidine rings is 1. The van der Waals surface area contributed by atoms with E-state index in [0.29, 0.717) is 24.0 Å². The fourth-order valence-electron chi connectivity index (χ4n) is 2.67. The second-order valence-corrected chi connectivity index (χ2v) is 5.47. The molecule has 0 aromatic heterocycles. The maximum absolute atomic E-state index is 13.0. The summed E-state index contributed by atoms with van der Waals surface area (Å²) in [6.07, 6.45) is 1.25. The van der Waals surface area contributed by atoms with Gasteiger partial charge in [-0.15, -0.1) is 0 Å². The van der Waals surface area contributed by atoms with Gasteiger partial charge in [-0.25, -0.2) is 8.78 Å². The van der Waals surface area contributed by atoms with Crippen molar-refractivity contribution < 1.29 is 8.78 Å². The Hall–Kier alpha value is -1.36. The van der Waals surface area contributed by atoms with Crippen molar-refractivity contribution >= 4 is 11.4 Å². The highest BCUT2D eigenvalue weighted by Crippen LogP contribution is 2.29. The molecule has 0 aliphatic carbocycles. The fourth-order valence-corrected chi connectivity index (χ4v) is 2.67. The first-order valence-electron chi connectivity index (χ1n) is 7.23. The van der Waals surface area contributed by atoms with E-state index in [-0.39, 0.29) is 5.56 Å². The lowest BCUT2D eigenvalue weighted by molar-refractivity contribution is 0.152. The molecular weight excluding hydrogens is 260 g/mol. The summed E-state index contributed by atoms with van der Waals surface area (Å²) in [5.41, 5.74) is 6.41. The molecule has 1 aliphatic rings. The van der Waals surface area contributed by atoms with Crippen LogP contribution in [-0.4, -0.2) is 30.6 Å². The van der Waals surface area contributed by atoms with Gasteiger partial charge in [-0.1, -0.05) is 6.42 Å². The first kappa shape index (κ1) is 15.0. The molecule has 1 saturated heterocycles. The van der Waals surface area contributed by atoms with E-state index in [0.717, 1.165) is 13.1 Å². The Balaban J connectivity index is 1.96. The number of rotatable bonds is 5. The molecule has 1 heterocycles. The minimum Gasteiger partial charge on any atom is -0.399 e. The summed E-state index contributed by atoms with van der Waals surface area (Å²) in [6.45, 7) is 5.01. The maximum Gasteiger partial charge on any atom is 0.265 e. The van der Waals surface area contributed by atoms with Crippen LogP contribution in [0.1, 0.15) is 38.2 Å². The molecule has 1 atom stereocenters. The predicted molar refractivity (Wildman–Crippen MR) is 79.2 cm³/mol. The molecule has 1 aliphatic heterocycles. The molecule has 0 radical (unpaired) electrons. The lowest BCUT2D eigenvalue weighted by Crippen LogP contribution is -2.41. The van der Waals surface area contributed by atoms with Crippen molar-refractivity contribution in [2.45, 2.75) is 38.7 Å². The van der Waals surface area contributed by atoms with Gasteiger partial charge < -0.3 is 11.1 Å². The van der Waals surface area contributed by atoms with Crippen LogP contribution in [0.25, 0.3) is 0 Å². The van der Waals surface area contributed by atoms with Crippen molar-refractivity contribution in [1.82, 2.24) is 4.90 Å². The Labute approximate surface area is 119 Å². The number of hydrogen-bond donors (Lipinski definition) is 2. The lowest BCUT2D eigenvalue weighted by atomic mass is 10.1. The molecule has 0 saturated carbocycles.